The van der Waals surface area contributed by atoms with Crippen LogP contribution in [0.15, 0.2) is 48.7 Å². The Balaban J connectivity index is 2.01. The standard InChI is InChI=1S/C15H14FN3/c16-14-6-5-12(13(7-14)8-17)10-19-15-4-2-1-3-11(15)9-18-19/h1-7,9H,8,10,17H2. The van der Waals surface area contributed by atoms with E-state index < -0.39 is 0 Å². The lowest BCUT2D eigenvalue weighted by Crippen LogP contribution is -2.07. The van der Waals surface area contributed by atoms with Crippen LogP contribution in [-0.4, -0.2) is 9.78 Å². The van der Waals surface area contributed by atoms with Crippen LogP contribution in [0.1, 0.15) is 11.1 Å². The van der Waals surface area contributed by atoms with Crippen LogP contribution in [0.2, 0.25) is 0 Å². The summed E-state index contributed by atoms with van der Waals surface area (Å²) in [4.78, 5) is 0. The van der Waals surface area contributed by atoms with Gasteiger partial charge in [0.05, 0.1) is 18.3 Å². The van der Waals surface area contributed by atoms with Gasteiger partial charge in [-0.25, -0.2) is 4.39 Å². The number of aromatic nitrogens is 2. The molecular weight excluding hydrogens is 241 g/mol. The Hall–Kier alpha value is -2.20. The maximum atomic E-state index is 13.2. The van der Waals surface area contributed by atoms with Gasteiger partial charge in [-0.3, -0.25) is 4.68 Å². The molecule has 0 atom stereocenters. The molecule has 3 aromatic rings. The summed E-state index contributed by atoms with van der Waals surface area (Å²) >= 11 is 0. The van der Waals surface area contributed by atoms with E-state index in [0.29, 0.717) is 13.1 Å². The predicted octanol–water partition coefficient (Wildman–Crippen LogP) is 2.68. The van der Waals surface area contributed by atoms with Crippen LogP contribution in [-0.2, 0) is 13.1 Å². The number of rotatable bonds is 3. The first kappa shape index (κ1) is 11.9. The zero-order valence-corrected chi connectivity index (χ0v) is 10.4. The van der Waals surface area contributed by atoms with E-state index in [4.69, 9.17) is 5.73 Å². The van der Waals surface area contributed by atoms with Crippen molar-refractivity contribution in [2.45, 2.75) is 13.1 Å². The van der Waals surface area contributed by atoms with Crippen LogP contribution >= 0.6 is 0 Å². The molecule has 0 spiro atoms. The second-order valence-electron chi connectivity index (χ2n) is 4.48. The predicted molar refractivity (Wildman–Crippen MR) is 73.1 cm³/mol. The molecule has 0 aliphatic carbocycles. The van der Waals surface area contributed by atoms with Gasteiger partial charge in [0.2, 0.25) is 0 Å². The second-order valence-corrected chi connectivity index (χ2v) is 4.48. The Labute approximate surface area is 110 Å². The van der Waals surface area contributed by atoms with Gasteiger partial charge in [-0.1, -0.05) is 24.3 Å². The van der Waals surface area contributed by atoms with E-state index >= 15 is 0 Å². The van der Waals surface area contributed by atoms with Crippen LogP contribution in [0.5, 0.6) is 0 Å². The molecule has 1 aromatic heterocycles. The summed E-state index contributed by atoms with van der Waals surface area (Å²) in [6.45, 7) is 0.923. The van der Waals surface area contributed by atoms with Crippen molar-refractivity contribution in [3.8, 4) is 0 Å². The molecule has 0 bridgehead atoms. The Morgan fingerprint density at radius 1 is 1.11 bits per heavy atom. The lowest BCUT2D eigenvalue weighted by molar-refractivity contribution is 0.621. The van der Waals surface area contributed by atoms with Gasteiger partial charge < -0.3 is 5.73 Å². The molecule has 0 unspecified atom stereocenters. The smallest absolute Gasteiger partial charge is 0.123 e. The molecule has 2 aromatic carbocycles. The molecule has 1 heterocycles. The first-order chi connectivity index (χ1) is 9.28. The normalized spacial score (nSPS) is 11.1. The number of hydrogen-bond donors (Lipinski definition) is 1. The largest absolute Gasteiger partial charge is 0.326 e. The van der Waals surface area contributed by atoms with Crippen LogP contribution in [0.25, 0.3) is 10.9 Å². The summed E-state index contributed by atoms with van der Waals surface area (Å²) in [5, 5.41) is 5.47. The number of benzene rings is 2. The zero-order chi connectivity index (χ0) is 13.2. The molecule has 3 rings (SSSR count). The minimum Gasteiger partial charge on any atom is -0.326 e. The molecule has 2 N–H and O–H groups in total. The molecule has 19 heavy (non-hydrogen) atoms. The SMILES string of the molecule is NCc1cc(F)ccc1Cn1ncc2ccccc21. The van der Waals surface area contributed by atoms with Gasteiger partial charge >= 0.3 is 0 Å². The van der Waals surface area contributed by atoms with Gasteiger partial charge in [0.15, 0.2) is 0 Å². The molecule has 0 amide bonds. The van der Waals surface area contributed by atoms with Crippen molar-refractivity contribution in [2.75, 3.05) is 0 Å². The van der Waals surface area contributed by atoms with Crippen molar-refractivity contribution >= 4 is 10.9 Å². The maximum absolute atomic E-state index is 13.2. The quantitative estimate of drug-likeness (QED) is 0.782. The third-order valence-corrected chi connectivity index (χ3v) is 3.26. The Bertz CT molecular complexity index is 718. The molecule has 0 saturated heterocycles. The molecular formula is C15H14FN3. The summed E-state index contributed by atoms with van der Waals surface area (Å²) < 4.78 is 15.1. The van der Waals surface area contributed by atoms with Gasteiger partial charge in [0.25, 0.3) is 0 Å². The molecule has 0 saturated carbocycles. The number of para-hydroxylation sites is 1. The molecule has 0 aliphatic rings. The third-order valence-electron chi connectivity index (χ3n) is 3.26. The first-order valence-electron chi connectivity index (χ1n) is 6.16. The average Bonchev–Trinajstić information content (AvgIpc) is 2.84. The summed E-state index contributed by atoms with van der Waals surface area (Å²) in [5.41, 5.74) is 8.55. The van der Waals surface area contributed by atoms with E-state index in [1.54, 1.807) is 6.07 Å². The van der Waals surface area contributed by atoms with E-state index in [-0.39, 0.29) is 5.82 Å². The van der Waals surface area contributed by atoms with Crippen molar-refractivity contribution < 1.29 is 4.39 Å². The number of nitrogens with two attached hydrogens (primary N) is 1. The Morgan fingerprint density at radius 2 is 1.95 bits per heavy atom. The lowest BCUT2D eigenvalue weighted by atomic mass is 10.1. The van der Waals surface area contributed by atoms with E-state index in [0.717, 1.165) is 22.0 Å². The maximum Gasteiger partial charge on any atom is 0.123 e. The van der Waals surface area contributed by atoms with Crippen LogP contribution in [0.3, 0.4) is 0 Å². The van der Waals surface area contributed by atoms with E-state index in [1.807, 2.05) is 35.1 Å². The summed E-state index contributed by atoms with van der Waals surface area (Å²) in [7, 11) is 0. The summed E-state index contributed by atoms with van der Waals surface area (Å²) in [6.07, 6.45) is 1.83. The number of hydrogen-bond acceptors (Lipinski definition) is 2. The number of halogens is 1. The fourth-order valence-corrected chi connectivity index (χ4v) is 2.25. The topological polar surface area (TPSA) is 43.8 Å². The highest BCUT2D eigenvalue weighted by atomic mass is 19.1. The third kappa shape index (κ3) is 2.22. The molecule has 3 nitrogen and oxygen atoms in total. The average molecular weight is 255 g/mol. The lowest BCUT2D eigenvalue weighted by Gasteiger charge is -2.09. The zero-order valence-electron chi connectivity index (χ0n) is 10.4. The van der Waals surface area contributed by atoms with Gasteiger partial charge in [0.1, 0.15) is 5.82 Å². The molecule has 4 heteroatoms. The fourth-order valence-electron chi connectivity index (χ4n) is 2.25. The highest BCUT2D eigenvalue weighted by molar-refractivity contribution is 5.78. The van der Waals surface area contributed by atoms with E-state index in [2.05, 4.69) is 5.10 Å². The fraction of sp³-hybridized carbons (Fsp3) is 0.133. The van der Waals surface area contributed by atoms with Crippen molar-refractivity contribution in [1.82, 2.24) is 9.78 Å². The van der Waals surface area contributed by atoms with E-state index in [1.165, 1.54) is 12.1 Å². The molecule has 0 radical (unpaired) electrons. The number of nitrogens with zero attached hydrogens (tertiary/aromatic N) is 2. The highest BCUT2D eigenvalue weighted by Crippen LogP contribution is 2.17. The minimum atomic E-state index is -0.255. The minimum absolute atomic E-state index is 0.255. The number of fused-ring (bicyclic) bond motifs is 1. The van der Waals surface area contributed by atoms with Crippen LogP contribution < -0.4 is 5.73 Å². The molecule has 0 aliphatic heterocycles. The Morgan fingerprint density at radius 3 is 2.79 bits per heavy atom. The van der Waals surface area contributed by atoms with Crippen LogP contribution in [0, 0.1) is 5.82 Å². The van der Waals surface area contributed by atoms with Crippen molar-refractivity contribution in [2.24, 2.45) is 5.73 Å². The first-order valence-corrected chi connectivity index (χ1v) is 6.16. The second kappa shape index (κ2) is 4.82. The van der Waals surface area contributed by atoms with Gasteiger partial charge in [-0.05, 0) is 29.3 Å². The Kier molecular flexibility index (Phi) is 3.01. The monoisotopic (exact) mass is 255 g/mol. The van der Waals surface area contributed by atoms with Crippen molar-refractivity contribution in [3.05, 3.63) is 65.6 Å². The molecule has 0 fully saturated rings. The summed E-state index contributed by atoms with van der Waals surface area (Å²) in [5.74, 6) is -0.255. The van der Waals surface area contributed by atoms with Crippen molar-refractivity contribution in [3.63, 3.8) is 0 Å². The van der Waals surface area contributed by atoms with E-state index in [9.17, 15) is 4.39 Å². The summed E-state index contributed by atoms with van der Waals surface area (Å²) in [6, 6.07) is 12.7. The van der Waals surface area contributed by atoms with Gasteiger partial charge in [-0.2, -0.15) is 5.10 Å². The van der Waals surface area contributed by atoms with Gasteiger partial charge in [0, 0.05) is 11.9 Å². The van der Waals surface area contributed by atoms with Crippen LogP contribution in [0.4, 0.5) is 4.39 Å². The van der Waals surface area contributed by atoms with Gasteiger partial charge in [-0.15, -0.1) is 0 Å². The molecule has 96 valence electrons. The van der Waals surface area contributed by atoms with Crippen molar-refractivity contribution in [1.29, 1.82) is 0 Å². The highest BCUT2D eigenvalue weighted by Gasteiger charge is 2.07.